The molecular weight excluding hydrogens is 311 g/mol. The van der Waals surface area contributed by atoms with Crippen molar-refractivity contribution in [3.63, 3.8) is 0 Å². The van der Waals surface area contributed by atoms with Crippen LogP contribution in [-0.2, 0) is 4.79 Å². The standard InChI is InChI=1S/C16H12Cl2O3/c1-10-2-5-12(6-3-10)21-15(16(19)20)9-11-4-7-13(17)14(18)8-11/h2-9H,1H3,(H,19,20)/b15-9-. The Morgan fingerprint density at radius 3 is 2.33 bits per heavy atom. The SMILES string of the molecule is Cc1ccc(O/C(=C\c2ccc(Cl)c(Cl)c2)C(=O)O)cc1. The zero-order valence-corrected chi connectivity index (χ0v) is 12.7. The molecule has 2 aromatic carbocycles. The van der Waals surface area contributed by atoms with Crippen molar-refractivity contribution in [1.82, 2.24) is 0 Å². The molecule has 21 heavy (non-hydrogen) atoms. The predicted octanol–water partition coefficient (Wildman–Crippen LogP) is 4.81. The molecule has 0 saturated heterocycles. The van der Waals surface area contributed by atoms with E-state index in [1.807, 2.05) is 19.1 Å². The van der Waals surface area contributed by atoms with Crippen molar-refractivity contribution in [2.45, 2.75) is 6.92 Å². The van der Waals surface area contributed by atoms with Crippen LogP contribution in [0.3, 0.4) is 0 Å². The summed E-state index contributed by atoms with van der Waals surface area (Å²) >= 11 is 11.7. The Morgan fingerprint density at radius 2 is 1.76 bits per heavy atom. The Bertz CT molecular complexity index is 691. The summed E-state index contributed by atoms with van der Waals surface area (Å²) in [6.45, 7) is 1.94. The lowest BCUT2D eigenvalue weighted by Gasteiger charge is -2.07. The number of carboxylic acids is 1. The van der Waals surface area contributed by atoms with Crippen molar-refractivity contribution < 1.29 is 14.6 Å². The van der Waals surface area contributed by atoms with Gasteiger partial charge in [0.2, 0.25) is 5.76 Å². The van der Waals surface area contributed by atoms with Crippen molar-refractivity contribution in [2.24, 2.45) is 0 Å². The zero-order valence-electron chi connectivity index (χ0n) is 11.1. The van der Waals surface area contributed by atoms with Gasteiger partial charge in [-0.25, -0.2) is 4.79 Å². The average Bonchev–Trinajstić information content (AvgIpc) is 2.44. The quantitative estimate of drug-likeness (QED) is 0.649. The summed E-state index contributed by atoms with van der Waals surface area (Å²) < 4.78 is 5.39. The van der Waals surface area contributed by atoms with Crippen LogP contribution in [-0.4, -0.2) is 11.1 Å². The fraction of sp³-hybridized carbons (Fsp3) is 0.0625. The number of carbonyl (C=O) groups is 1. The first kappa shape index (κ1) is 15.4. The van der Waals surface area contributed by atoms with Gasteiger partial charge in [-0.05, 0) is 42.8 Å². The lowest BCUT2D eigenvalue weighted by atomic mass is 10.2. The summed E-state index contributed by atoms with van der Waals surface area (Å²) in [6, 6.07) is 11.9. The minimum atomic E-state index is -1.17. The van der Waals surface area contributed by atoms with Gasteiger partial charge < -0.3 is 9.84 Å². The molecule has 0 spiro atoms. The number of aliphatic carboxylic acids is 1. The maximum absolute atomic E-state index is 11.3. The van der Waals surface area contributed by atoms with E-state index in [1.165, 1.54) is 6.08 Å². The number of hydrogen-bond acceptors (Lipinski definition) is 2. The van der Waals surface area contributed by atoms with Crippen molar-refractivity contribution in [2.75, 3.05) is 0 Å². The van der Waals surface area contributed by atoms with Gasteiger partial charge in [0.15, 0.2) is 0 Å². The van der Waals surface area contributed by atoms with Gasteiger partial charge in [0.25, 0.3) is 0 Å². The lowest BCUT2D eigenvalue weighted by molar-refractivity contribution is -0.134. The number of ether oxygens (including phenoxy) is 1. The minimum absolute atomic E-state index is 0.197. The molecule has 0 aliphatic rings. The molecule has 5 heteroatoms. The van der Waals surface area contributed by atoms with Gasteiger partial charge in [0, 0.05) is 0 Å². The van der Waals surface area contributed by atoms with Crippen LogP contribution >= 0.6 is 23.2 Å². The van der Waals surface area contributed by atoms with E-state index in [-0.39, 0.29) is 5.76 Å². The van der Waals surface area contributed by atoms with E-state index >= 15 is 0 Å². The molecule has 2 aromatic rings. The first-order chi connectivity index (χ1) is 9.95. The van der Waals surface area contributed by atoms with Gasteiger partial charge >= 0.3 is 5.97 Å². The Kier molecular flexibility index (Phi) is 4.89. The molecule has 1 N–H and O–H groups in total. The zero-order chi connectivity index (χ0) is 15.4. The molecule has 0 amide bonds. The molecule has 0 aromatic heterocycles. The third-order valence-electron chi connectivity index (χ3n) is 2.70. The number of halogens is 2. The van der Waals surface area contributed by atoms with Crippen LogP contribution in [0.1, 0.15) is 11.1 Å². The molecule has 0 radical (unpaired) electrons. The molecule has 0 fully saturated rings. The third-order valence-corrected chi connectivity index (χ3v) is 3.44. The van der Waals surface area contributed by atoms with E-state index in [1.54, 1.807) is 30.3 Å². The van der Waals surface area contributed by atoms with Crippen LogP contribution in [0.2, 0.25) is 10.0 Å². The summed E-state index contributed by atoms with van der Waals surface area (Å²) in [4.78, 5) is 11.3. The highest BCUT2D eigenvalue weighted by molar-refractivity contribution is 6.42. The maximum atomic E-state index is 11.3. The van der Waals surface area contributed by atoms with Gasteiger partial charge in [0.05, 0.1) is 10.0 Å². The molecule has 0 aliphatic heterocycles. The topological polar surface area (TPSA) is 46.5 Å². The van der Waals surface area contributed by atoms with Crippen LogP contribution in [0.5, 0.6) is 5.75 Å². The van der Waals surface area contributed by atoms with Crippen LogP contribution in [0.4, 0.5) is 0 Å². The highest BCUT2D eigenvalue weighted by Crippen LogP contribution is 2.24. The van der Waals surface area contributed by atoms with Gasteiger partial charge in [-0.1, -0.05) is 47.0 Å². The highest BCUT2D eigenvalue weighted by atomic mass is 35.5. The van der Waals surface area contributed by atoms with Crippen molar-refractivity contribution in [3.05, 3.63) is 69.4 Å². The third kappa shape index (κ3) is 4.25. The molecular formula is C16H12Cl2O3. The van der Waals surface area contributed by atoms with Crippen LogP contribution in [0.25, 0.3) is 6.08 Å². The normalized spacial score (nSPS) is 11.3. The van der Waals surface area contributed by atoms with Gasteiger partial charge in [-0.3, -0.25) is 0 Å². The molecule has 2 rings (SSSR count). The Morgan fingerprint density at radius 1 is 1.10 bits per heavy atom. The lowest BCUT2D eigenvalue weighted by Crippen LogP contribution is -2.07. The summed E-state index contributed by atoms with van der Waals surface area (Å²) in [5.74, 6) is -0.909. The van der Waals surface area contributed by atoms with E-state index in [0.717, 1.165) is 5.56 Å². The second-order valence-corrected chi connectivity index (χ2v) is 5.22. The van der Waals surface area contributed by atoms with Crippen LogP contribution in [0.15, 0.2) is 48.2 Å². The Labute approximate surface area is 132 Å². The maximum Gasteiger partial charge on any atom is 0.371 e. The van der Waals surface area contributed by atoms with E-state index in [4.69, 9.17) is 27.9 Å². The second kappa shape index (κ2) is 6.66. The smallest absolute Gasteiger partial charge is 0.371 e. The Hall–Kier alpha value is -1.97. The van der Waals surface area contributed by atoms with E-state index in [9.17, 15) is 9.90 Å². The van der Waals surface area contributed by atoms with Crippen LogP contribution in [0, 0.1) is 6.92 Å². The summed E-state index contributed by atoms with van der Waals surface area (Å²) in [6.07, 6.45) is 1.39. The summed E-state index contributed by atoms with van der Waals surface area (Å²) in [5.41, 5.74) is 1.65. The fourth-order valence-electron chi connectivity index (χ4n) is 1.62. The van der Waals surface area contributed by atoms with Crippen molar-refractivity contribution in [3.8, 4) is 5.75 Å². The molecule has 0 unspecified atom stereocenters. The fourth-order valence-corrected chi connectivity index (χ4v) is 1.93. The second-order valence-electron chi connectivity index (χ2n) is 4.40. The number of aryl methyl sites for hydroxylation is 1. The molecule has 108 valence electrons. The summed E-state index contributed by atoms with van der Waals surface area (Å²) in [7, 11) is 0. The van der Waals surface area contributed by atoms with Crippen molar-refractivity contribution >= 4 is 35.2 Å². The summed E-state index contributed by atoms with van der Waals surface area (Å²) in [5, 5.41) is 9.98. The van der Waals surface area contributed by atoms with Crippen LogP contribution < -0.4 is 4.74 Å². The molecule has 0 aliphatic carbocycles. The van der Waals surface area contributed by atoms with E-state index in [0.29, 0.717) is 21.4 Å². The number of hydrogen-bond donors (Lipinski definition) is 1. The Balaban J connectivity index is 2.29. The monoisotopic (exact) mass is 322 g/mol. The van der Waals surface area contributed by atoms with E-state index < -0.39 is 5.97 Å². The molecule has 0 heterocycles. The first-order valence-electron chi connectivity index (χ1n) is 6.10. The van der Waals surface area contributed by atoms with E-state index in [2.05, 4.69) is 0 Å². The number of benzene rings is 2. The molecule has 0 atom stereocenters. The molecule has 0 bridgehead atoms. The van der Waals surface area contributed by atoms with Crippen molar-refractivity contribution in [1.29, 1.82) is 0 Å². The largest absolute Gasteiger partial charge is 0.475 e. The molecule has 3 nitrogen and oxygen atoms in total. The number of rotatable bonds is 4. The molecule has 0 saturated carbocycles. The van der Waals surface area contributed by atoms with Gasteiger partial charge in [-0.2, -0.15) is 0 Å². The number of carboxylic acid groups (broad SMARTS) is 1. The van der Waals surface area contributed by atoms with Gasteiger partial charge in [0.1, 0.15) is 5.75 Å². The predicted molar refractivity (Wildman–Crippen MR) is 83.9 cm³/mol. The highest BCUT2D eigenvalue weighted by Gasteiger charge is 2.11. The van der Waals surface area contributed by atoms with Gasteiger partial charge in [-0.15, -0.1) is 0 Å². The minimum Gasteiger partial charge on any atom is -0.475 e. The first-order valence-corrected chi connectivity index (χ1v) is 6.86. The average molecular weight is 323 g/mol.